The topological polar surface area (TPSA) is 38.0 Å². The molecule has 1 aromatic rings. The lowest BCUT2D eigenvalue weighted by atomic mass is 9.83. The van der Waals surface area contributed by atoms with Crippen molar-refractivity contribution in [1.82, 2.24) is 5.32 Å². The summed E-state index contributed by atoms with van der Waals surface area (Å²) in [6.45, 7) is 5.63. The predicted octanol–water partition coefficient (Wildman–Crippen LogP) is 3.59. The van der Waals surface area contributed by atoms with E-state index in [2.05, 4.69) is 59.4 Å². The van der Waals surface area contributed by atoms with E-state index in [0.717, 1.165) is 23.9 Å². The molecule has 1 fully saturated rings. The number of halogens is 1. The summed E-state index contributed by atoms with van der Waals surface area (Å²) < 4.78 is 1.14. The van der Waals surface area contributed by atoms with Crippen LogP contribution in [0.2, 0.25) is 0 Å². The molecule has 0 aromatic heterocycles. The van der Waals surface area contributed by atoms with Crippen LogP contribution < -0.4 is 11.1 Å². The fraction of sp³-hybridized carbons (Fsp3) is 0.625. The van der Waals surface area contributed by atoms with Crippen molar-refractivity contribution < 1.29 is 0 Å². The molecule has 0 heterocycles. The molecule has 19 heavy (non-hydrogen) atoms. The highest BCUT2D eigenvalue weighted by Crippen LogP contribution is 2.25. The number of nitrogens with one attached hydrogen (secondary N) is 1. The standard InChI is InChI=1S/C16H25BrN2/c1-16(2,12-3-5-13(17)6-4-12)11-19-15-9-7-14(18)8-10-15/h3-6,14-15,19H,7-11,18H2,1-2H3. The average molecular weight is 325 g/mol. The normalized spacial score (nSPS) is 24.4. The van der Waals surface area contributed by atoms with E-state index in [1.165, 1.54) is 18.4 Å². The second kappa shape index (κ2) is 6.38. The Morgan fingerprint density at radius 2 is 1.74 bits per heavy atom. The Morgan fingerprint density at radius 3 is 2.32 bits per heavy atom. The van der Waals surface area contributed by atoms with Crippen molar-refractivity contribution >= 4 is 15.9 Å². The third-order valence-electron chi connectivity index (χ3n) is 4.23. The summed E-state index contributed by atoms with van der Waals surface area (Å²) in [6.07, 6.45) is 4.77. The summed E-state index contributed by atoms with van der Waals surface area (Å²) in [6, 6.07) is 9.74. The smallest absolute Gasteiger partial charge is 0.0175 e. The molecule has 1 aliphatic carbocycles. The molecule has 0 unspecified atom stereocenters. The van der Waals surface area contributed by atoms with Crippen LogP contribution in [0.3, 0.4) is 0 Å². The number of nitrogens with two attached hydrogens (primary N) is 1. The summed E-state index contributed by atoms with van der Waals surface area (Å²) in [5.74, 6) is 0. The first-order valence-electron chi connectivity index (χ1n) is 7.22. The van der Waals surface area contributed by atoms with Crippen molar-refractivity contribution in [2.75, 3.05) is 6.54 Å². The van der Waals surface area contributed by atoms with E-state index in [-0.39, 0.29) is 5.41 Å². The molecule has 2 nitrogen and oxygen atoms in total. The Hall–Kier alpha value is -0.380. The minimum atomic E-state index is 0.167. The summed E-state index contributed by atoms with van der Waals surface area (Å²) in [7, 11) is 0. The lowest BCUT2D eigenvalue weighted by Crippen LogP contribution is -2.42. The minimum Gasteiger partial charge on any atom is -0.328 e. The first kappa shape index (κ1) is 15.0. The van der Waals surface area contributed by atoms with Crippen LogP contribution >= 0.6 is 15.9 Å². The summed E-state index contributed by atoms with van der Waals surface area (Å²) >= 11 is 3.49. The van der Waals surface area contributed by atoms with Crippen molar-refractivity contribution in [3.63, 3.8) is 0 Å². The van der Waals surface area contributed by atoms with E-state index < -0.39 is 0 Å². The van der Waals surface area contributed by atoms with Gasteiger partial charge >= 0.3 is 0 Å². The molecule has 3 heteroatoms. The molecule has 0 radical (unpaired) electrons. The maximum atomic E-state index is 5.95. The van der Waals surface area contributed by atoms with Gasteiger partial charge in [0.2, 0.25) is 0 Å². The molecule has 3 N–H and O–H groups in total. The molecule has 1 aliphatic rings. The molecule has 0 spiro atoms. The highest BCUT2D eigenvalue weighted by Gasteiger charge is 2.24. The van der Waals surface area contributed by atoms with Gasteiger partial charge < -0.3 is 11.1 Å². The van der Waals surface area contributed by atoms with Gasteiger partial charge in [0, 0.05) is 28.5 Å². The lowest BCUT2D eigenvalue weighted by Gasteiger charge is -2.32. The van der Waals surface area contributed by atoms with E-state index in [0.29, 0.717) is 12.1 Å². The summed E-state index contributed by atoms with van der Waals surface area (Å²) in [5, 5.41) is 3.73. The Balaban J connectivity index is 1.88. The van der Waals surface area contributed by atoms with Crippen LogP contribution in [0.4, 0.5) is 0 Å². The van der Waals surface area contributed by atoms with Crippen molar-refractivity contribution in [1.29, 1.82) is 0 Å². The maximum absolute atomic E-state index is 5.95. The molecule has 106 valence electrons. The Morgan fingerprint density at radius 1 is 1.16 bits per heavy atom. The van der Waals surface area contributed by atoms with Crippen LogP contribution in [0.5, 0.6) is 0 Å². The van der Waals surface area contributed by atoms with Gasteiger partial charge in [-0.15, -0.1) is 0 Å². The van der Waals surface area contributed by atoms with Crippen molar-refractivity contribution in [2.45, 2.75) is 57.0 Å². The molecule has 2 rings (SSSR count). The Bertz CT molecular complexity index is 392. The monoisotopic (exact) mass is 324 g/mol. The van der Waals surface area contributed by atoms with Crippen LogP contribution in [-0.2, 0) is 5.41 Å². The van der Waals surface area contributed by atoms with Gasteiger partial charge in [0.15, 0.2) is 0 Å². The highest BCUT2D eigenvalue weighted by molar-refractivity contribution is 9.10. The van der Waals surface area contributed by atoms with Crippen molar-refractivity contribution in [3.05, 3.63) is 34.3 Å². The third kappa shape index (κ3) is 4.30. The number of hydrogen-bond acceptors (Lipinski definition) is 2. The van der Waals surface area contributed by atoms with Gasteiger partial charge in [0.1, 0.15) is 0 Å². The van der Waals surface area contributed by atoms with Gasteiger partial charge in [0.25, 0.3) is 0 Å². The molecule has 0 bridgehead atoms. The number of rotatable bonds is 4. The van der Waals surface area contributed by atoms with E-state index in [1.54, 1.807) is 0 Å². The largest absolute Gasteiger partial charge is 0.328 e. The van der Waals surface area contributed by atoms with Gasteiger partial charge in [-0.2, -0.15) is 0 Å². The molecule has 0 saturated heterocycles. The molecule has 0 amide bonds. The van der Waals surface area contributed by atoms with Gasteiger partial charge in [-0.3, -0.25) is 0 Å². The van der Waals surface area contributed by atoms with E-state index >= 15 is 0 Å². The van der Waals surface area contributed by atoms with Gasteiger partial charge in [-0.1, -0.05) is 41.9 Å². The van der Waals surface area contributed by atoms with Crippen molar-refractivity contribution in [2.24, 2.45) is 5.73 Å². The van der Waals surface area contributed by atoms with Gasteiger partial charge in [-0.25, -0.2) is 0 Å². The van der Waals surface area contributed by atoms with E-state index in [1.807, 2.05) is 0 Å². The molecule has 0 atom stereocenters. The van der Waals surface area contributed by atoms with Crippen molar-refractivity contribution in [3.8, 4) is 0 Å². The number of benzene rings is 1. The van der Waals surface area contributed by atoms with E-state index in [9.17, 15) is 0 Å². The SMILES string of the molecule is CC(C)(CNC1CCC(N)CC1)c1ccc(Br)cc1. The average Bonchev–Trinajstić information content (AvgIpc) is 2.39. The van der Waals surface area contributed by atoms with Gasteiger partial charge in [0.05, 0.1) is 0 Å². The molecule has 1 saturated carbocycles. The molecule has 1 aromatic carbocycles. The predicted molar refractivity (Wildman–Crippen MR) is 85.4 cm³/mol. The maximum Gasteiger partial charge on any atom is 0.0175 e. The lowest BCUT2D eigenvalue weighted by molar-refractivity contribution is 0.320. The molecular weight excluding hydrogens is 300 g/mol. The van der Waals surface area contributed by atoms with Crippen LogP contribution in [0.1, 0.15) is 45.1 Å². The summed E-state index contributed by atoms with van der Waals surface area (Å²) in [4.78, 5) is 0. The van der Waals surface area contributed by atoms with Crippen LogP contribution in [0.25, 0.3) is 0 Å². The first-order valence-corrected chi connectivity index (χ1v) is 8.02. The molecule has 0 aliphatic heterocycles. The Kier molecular flexibility index (Phi) is 5.04. The zero-order chi connectivity index (χ0) is 13.9. The quantitative estimate of drug-likeness (QED) is 0.888. The number of hydrogen-bond donors (Lipinski definition) is 2. The zero-order valence-electron chi connectivity index (χ0n) is 12.0. The highest BCUT2D eigenvalue weighted by atomic mass is 79.9. The zero-order valence-corrected chi connectivity index (χ0v) is 13.5. The van der Waals surface area contributed by atoms with E-state index in [4.69, 9.17) is 5.73 Å². The van der Waals surface area contributed by atoms with Crippen LogP contribution in [0.15, 0.2) is 28.7 Å². The third-order valence-corrected chi connectivity index (χ3v) is 4.76. The van der Waals surface area contributed by atoms with Crippen LogP contribution in [-0.4, -0.2) is 18.6 Å². The van der Waals surface area contributed by atoms with Gasteiger partial charge in [-0.05, 0) is 43.4 Å². The first-order chi connectivity index (χ1) is 8.97. The molecular formula is C16H25BrN2. The summed E-state index contributed by atoms with van der Waals surface area (Å²) in [5.41, 5.74) is 7.50. The second-order valence-electron chi connectivity index (χ2n) is 6.38. The Labute approximate surface area is 125 Å². The minimum absolute atomic E-state index is 0.167. The fourth-order valence-electron chi connectivity index (χ4n) is 2.73. The fourth-order valence-corrected chi connectivity index (χ4v) is 2.99. The second-order valence-corrected chi connectivity index (χ2v) is 7.30. The van der Waals surface area contributed by atoms with Crippen LogP contribution in [0, 0.1) is 0 Å².